The SMILES string of the molecule is CSc1sc2cc(Cl)ccc2c1S. The van der Waals surface area contributed by atoms with E-state index < -0.39 is 0 Å². The number of thiol groups is 1. The maximum atomic E-state index is 5.90. The van der Waals surface area contributed by atoms with Gasteiger partial charge >= 0.3 is 0 Å². The molecule has 0 radical (unpaired) electrons. The van der Waals surface area contributed by atoms with Gasteiger partial charge in [-0.05, 0) is 18.4 Å². The van der Waals surface area contributed by atoms with E-state index in [0.717, 1.165) is 9.92 Å². The summed E-state index contributed by atoms with van der Waals surface area (Å²) in [5.41, 5.74) is 0. The molecule has 68 valence electrons. The molecule has 0 amide bonds. The number of benzene rings is 1. The first kappa shape index (κ1) is 9.71. The van der Waals surface area contributed by atoms with Crippen molar-refractivity contribution in [2.75, 3.05) is 6.26 Å². The van der Waals surface area contributed by atoms with E-state index in [-0.39, 0.29) is 0 Å². The largest absolute Gasteiger partial charge is 0.141 e. The Kier molecular flexibility index (Phi) is 2.79. The summed E-state index contributed by atoms with van der Waals surface area (Å²) < 4.78 is 2.46. The molecule has 0 aliphatic rings. The van der Waals surface area contributed by atoms with Gasteiger partial charge in [-0.15, -0.1) is 35.7 Å². The van der Waals surface area contributed by atoms with Gasteiger partial charge in [-0.3, -0.25) is 0 Å². The highest BCUT2D eigenvalue weighted by Gasteiger charge is 2.07. The number of rotatable bonds is 1. The summed E-state index contributed by atoms with van der Waals surface area (Å²) in [5, 5.41) is 1.98. The van der Waals surface area contributed by atoms with Crippen LogP contribution in [0.5, 0.6) is 0 Å². The van der Waals surface area contributed by atoms with Crippen molar-refractivity contribution < 1.29 is 0 Å². The zero-order valence-corrected chi connectivity index (χ0v) is 10.2. The maximum Gasteiger partial charge on any atom is 0.0742 e. The van der Waals surface area contributed by atoms with Crippen molar-refractivity contribution in [1.29, 1.82) is 0 Å². The van der Waals surface area contributed by atoms with Gasteiger partial charge in [0.25, 0.3) is 0 Å². The molecule has 0 aliphatic heterocycles. The summed E-state index contributed by atoms with van der Waals surface area (Å²) in [6, 6.07) is 5.91. The second kappa shape index (κ2) is 3.73. The quantitative estimate of drug-likeness (QED) is 0.568. The van der Waals surface area contributed by atoms with Crippen molar-refractivity contribution in [3.63, 3.8) is 0 Å². The number of thiophene rings is 1. The Morgan fingerprint density at radius 3 is 2.92 bits per heavy atom. The first-order valence-corrected chi connectivity index (χ1v) is 6.54. The van der Waals surface area contributed by atoms with Crippen molar-refractivity contribution in [1.82, 2.24) is 0 Å². The van der Waals surface area contributed by atoms with Crippen molar-refractivity contribution in [2.45, 2.75) is 9.10 Å². The van der Waals surface area contributed by atoms with Crippen LogP contribution in [0.4, 0.5) is 0 Å². The number of halogens is 1. The third-order valence-electron chi connectivity index (χ3n) is 1.78. The number of hydrogen-bond donors (Lipinski definition) is 1. The van der Waals surface area contributed by atoms with E-state index in [0.29, 0.717) is 0 Å². The minimum absolute atomic E-state index is 0.787. The molecule has 0 atom stereocenters. The Labute approximate surface area is 95.7 Å². The Morgan fingerprint density at radius 1 is 1.46 bits per heavy atom. The topological polar surface area (TPSA) is 0 Å². The van der Waals surface area contributed by atoms with E-state index in [2.05, 4.69) is 18.9 Å². The normalized spacial score (nSPS) is 11.0. The van der Waals surface area contributed by atoms with Gasteiger partial charge < -0.3 is 0 Å². The van der Waals surface area contributed by atoms with Gasteiger partial charge in [0.05, 0.1) is 4.21 Å². The molecule has 2 aromatic rings. The van der Waals surface area contributed by atoms with Crippen molar-refractivity contribution in [3.8, 4) is 0 Å². The molecule has 0 aliphatic carbocycles. The smallest absolute Gasteiger partial charge is 0.0742 e. The summed E-state index contributed by atoms with van der Waals surface area (Å²) in [4.78, 5) is 1.07. The van der Waals surface area contributed by atoms with Crippen LogP contribution in [-0.4, -0.2) is 6.26 Å². The molecule has 0 N–H and O–H groups in total. The standard InChI is InChI=1S/C9H7ClS3/c1-12-9-8(11)6-3-2-5(10)4-7(6)13-9/h2-4,11H,1H3. The zero-order chi connectivity index (χ0) is 9.42. The van der Waals surface area contributed by atoms with Crippen LogP contribution >= 0.6 is 47.3 Å². The molecule has 0 fully saturated rings. The molecule has 1 aromatic heterocycles. The van der Waals surface area contributed by atoms with E-state index >= 15 is 0 Å². The molecule has 0 bridgehead atoms. The van der Waals surface area contributed by atoms with Crippen LogP contribution in [0.3, 0.4) is 0 Å². The van der Waals surface area contributed by atoms with Crippen molar-refractivity contribution >= 4 is 57.4 Å². The lowest BCUT2D eigenvalue weighted by atomic mass is 10.3. The van der Waals surface area contributed by atoms with E-state index in [1.54, 1.807) is 23.1 Å². The third-order valence-corrected chi connectivity index (χ3v) is 5.05. The van der Waals surface area contributed by atoms with Crippen LogP contribution in [0.2, 0.25) is 5.02 Å². The molecule has 0 saturated heterocycles. The van der Waals surface area contributed by atoms with Crippen LogP contribution in [0.1, 0.15) is 0 Å². The number of hydrogen-bond acceptors (Lipinski definition) is 3. The third kappa shape index (κ3) is 1.71. The predicted molar refractivity (Wildman–Crippen MR) is 65.9 cm³/mol. The lowest BCUT2D eigenvalue weighted by Gasteiger charge is -1.91. The Morgan fingerprint density at radius 2 is 2.23 bits per heavy atom. The molecule has 0 saturated carbocycles. The van der Waals surface area contributed by atoms with Gasteiger partial charge in [0, 0.05) is 20.0 Å². The first-order valence-electron chi connectivity index (χ1n) is 3.67. The van der Waals surface area contributed by atoms with Gasteiger partial charge in [0.2, 0.25) is 0 Å². The van der Waals surface area contributed by atoms with Crippen molar-refractivity contribution in [2.24, 2.45) is 0 Å². The monoisotopic (exact) mass is 246 g/mol. The van der Waals surface area contributed by atoms with Crippen molar-refractivity contribution in [3.05, 3.63) is 23.2 Å². The Bertz CT molecular complexity index is 447. The average molecular weight is 247 g/mol. The van der Waals surface area contributed by atoms with Gasteiger partial charge in [0.1, 0.15) is 0 Å². The Balaban J connectivity index is 2.76. The fourth-order valence-electron chi connectivity index (χ4n) is 1.17. The van der Waals surface area contributed by atoms with Crippen LogP contribution in [0, 0.1) is 0 Å². The second-order valence-corrected chi connectivity index (χ2v) is 5.59. The summed E-state index contributed by atoms with van der Waals surface area (Å²) in [6.45, 7) is 0. The Hall–Kier alpha value is 0.170. The van der Waals surface area contributed by atoms with E-state index in [9.17, 15) is 0 Å². The van der Waals surface area contributed by atoms with E-state index in [1.807, 2.05) is 18.2 Å². The van der Waals surface area contributed by atoms with E-state index in [1.165, 1.54) is 14.3 Å². The lowest BCUT2D eigenvalue weighted by Crippen LogP contribution is -1.65. The predicted octanol–water partition coefficient (Wildman–Crippen LogP) is 4.57. The molecule has 1 aromatic carbocycles. The van der Waals surface area contributed by atoms with Gasteiger partial charge in [-0.25, -0.2) is 0 Å². The molecule has 1 heterocycles. The molecule has 0 unspecified atom stereocenters. The zero-order valence-electron chi connectivity index (χ0n) is 6.87. The summed E-state index contributed by atoms with van der Waals surface area (Å²) in [7, 11) is 0. The minimum Gasteiger partial charge on any atom is -0.141 e. The van der Waals surface area contributed by atoms with E-state index in [4.69, 9.17) is 11.6 Å². The molecule has 4 heteroatoms. The molecule has 0 spiro atoms. The summed E-state index contributed by atoms with van der Waals surface area (Å²) >= 11 is 13.8. The molecule has 0 nitrogen and oxygen atoms in total. The summed E-state index contributed by atoms with van der Waals surface area (Å²) in [5.74, 6) is 0. The van der Waals surface area contributed by atoms with Crippen LogP contribution in [0.15, 0.2) is 27.3 Å². The molecule has 13 heavy (non-hydrogen) atoms. The first-order chi connectivity index (χ1) is 6.22. The average Bonchev–Trinajstić information content (AvgIpc) is 2.42. The molecule has 2 rings (SSSR count). The highest BCUT2D eigenvalue weighted by Crippen LogP contribution is 2.40. The lowest BCUT2D eigenvalue weighted by molar-refractivity contribution is 1.47. The maximum absolute atomic E-state index is 5.90. The highest BCUT2D eigenvalue weighted by molar-refractivity contribution is 8.01. The highest BCUT2D eigenvalue weighted by atomic mass is 35.5. The van der Waals surface area contributed by atoms with Crippen LogP contribution in [-0.2, 0) is 0 Å². The van der Waals surface area contributed by atoms with Crippen LogP contribution < -0.4 is 0 Å². The summed E-state index contributed by atoms with van der Waals surface area (Å²) in [6.07, 6.45) is 2.06. The van der Waals surface area contributed by atoms with Gasteiger partial charge in [0.15, 0.2) is 0 Å². The minimum atomic E-state index is 0.787. The second-order valence-electron chi connectivity index (χ2n) is 2.58. The fraction of sp³-hybridized carbons (Fsp3) is 0.111. The van der Waals surface area contributed by atoms with Gasteiger partial charge in [-0.2, -0.15) is 0 Å². The fourth-order valence-corrected chi connectivity index (χ4v) is 3.87. The molecular formula is C9H7ClS3. The molecular weight excluding hydrogens is 240 g/mol. The van der Waals surface area contributed by atoms with Gasteiger partial charge in [-0.1, -0.05) is 17.7 Å². The number of fused-ring (bicyclic) bond motifs is 1. The van der Waals surface area contributed by atoms with Crippen LogP contribution in [0.25, 0.3) is 10.1 Å². The number of thioether (sulfide) groups is 1.